The Balaban J connectivity index is 1.71. The number of fused-ring (bicyclic) bond motifs is 2. The van der Waals surface area contributed by atoms with Crippen LogP contribution < -0.4 is 10.9 Å². The number of nitrogens with zero attached hydrogens (tertiary/aromatic N) is 2. The Hall–Kier alpha value is -4.01. The number of amides is 1. The summed E-state index contributed by atoms with van der Waals surface area (Å²) in [5.41, 5.74) is 0.952. The number of benzene rings is 2. The quantitative estimate of drug-likeness (QED) is 0.590. The van der Waals surface area contributed by atoms with Crippen LogP contribution in [-0.2, 0) is 22.4 Å². The van der Waals surface area contributed by atoms with Crippen LogP contribution in [0.15, 0.2) is 41.2 Å². The Kier molecular flexibility index (Phi) is 6.72. The Labute approximate surface area is 195 Å². The third-order valence-electron chi connectivity index (χ3n) is 5.92. The van der Waals surface area contributed by atoms with Crippen molar-refractivity contribution in [2.75, 3.05) is 19.5 Å². The number of carbonyl (C=O) groups is 3. The molecule has 0 unspecified atom stereocenters. The first-order chi connectivity index (χ1) is 16.4. The maximum absolute atomic E-state index is 13.1. The first-order valence-electron chi connectivity index (χ1n) is 11.1. The fraction of sp³-hybridized carbons (Fsp3) is 0.320. The van der Waals surface area contributed by atoms with E-state index >= 15 is 0 Å². The second-order valence-corrected chi connectivity index (χ2v) is 8.08. The molecule has 2 heterocycles. The van der Waals surface area contributed by atoms with Crippen LogP contribution in [0.3, 0.4) is 0 Å². The van der Waals surface area contributed by atoms with E-state index in [0.29, 0.717) is 23.9 Å². The van der Waals surface area contributed by atoms with Gasteiger partial charge in [0.15, 0.2) is 0 Å². The molecule has 9 heteroatoms. The lowest BCUT2D eigenvalue weighted by Crippen LogP contribution is -2.26. The predicted octanol–water partition coefficient (Wildman–Crippen LogP) is 3.34. The number of nitrogens with one attached hydrogen (secondary N) is 1. The zero-order valence-corrected chi connectivity index (χ0v) is 19.1. The van der Waals surface area contributed by atoms with Crippen LogP contribution in [0.4, 0.5) is 5.69 Å². The zero-order chi connectivity index (χ0) is 24.2. The van der Waals surface area contributed by atoms with Crippen molar-refractivity contribution in [2.45, 2.75) is 38.6 Å². The van der Waals surface area contributed by atoms with E-state index in [2.05, 4.69) is 10.3 Å². The molecule has 1 amide bonds. The van der Waals surface area contributed by atoms with Gasteiger partial charge in [-0.2, -0.15) is 0 Å². The molecule has 1 aromatic heterocycles. The summed E-state index contributed by atoms with van der Waals surface area (Å²) in [6.07, 6.45) is 4.81. The number of methoxy groups -OCH3 is 2. The number of carbonyl (C=O) groups excluding carboxylic acids is 3. The molecule has 0 saturated carbocycles. The summed E-state index contributed by atoms with van der Waals surface area (Å²) in [6, 6.07) is 8.85. The number of aromatic nitrogens is 2. The van der Waals surface area contributed by atoms with E-state index in [1.165, 1.54) is 32.4 Å². The van der Waals surface area contributed by atoms with Gasteiger partial charge in [0.2, 0.25) is 0 Å². The molecule has 1 N–H and O–H groups in total. The number of ether oxygens (including phenoxy) is 2. The summed E-state index contributed by atoms with van der Waals surface area (Å²) < 4.78 is 11.2. The first-order valence-corrected chi connectivity index (χ1v) is 11.1. The average molecular weight is 463 g/mol. The van der Waals surface area contributed by atoms with Crippen LogP contribution >= 0.6 is 0 Å². The molecule has 0 spiro atoms. The van der Waals surface area contributed by atoms with Gasteiger partial charge in [0.25, 0.3) is 11.5 Å². The highest BCUT2D eigenvalue weighted by Crippen LogP contribution is 2.22. The van der Waals surface area contributed by atoms with Gasteiger partial charge in [-0.15, -0.1) is 0 Å². The van der Waals surface area contributed by atoms with E-state index in [1.807, 2.05) is 0 Å². The van der Waals surface area contributed by atoms with Crippen molar-refractivity contribution in [1.29, 1.82) is 0 Å². The highest BCUT2D eigenvalue weighted by Gasteiger charge is 2.19. The summed E-state index contributed by atoms with van der Waals surface area (Å²) in [5.74, 6) is -1.08. The smallest absolute Gasteiger partial charge is 0.339 e. The Bertz CT molecular complexity index is 1340. The van der Waals surface area contributed by atoms with E-state index in [0.717, 1.165) is 31.5 Å². The van der Waals surface area contributed by atoms with Gasteiger partial charge < -0.3 is 14.8 Å². The molecule has 0 bridgehead atoms. The van der Waals surface area contributed by atoms with Crippen LogP contribution in [0.1, 0.15) is 62.6 Å². The number of hydrogen-bond acceptors (Lipinski definition) is 7. The van der Waals surface area contributed by atoms with Crippen molar-refractivity contribution >= 4 is 34.4 Å². The van der Waals surface area contributed by atoms with Gasteiger partial charge in [-0.3, -0.25) is 14.2 Å². The van der Waals surface area contributed by atoms with Gasteiger partial charge in [0.05, 0.1) is 41.9 Å². The van der Waals surface area contributed by atoms with Gasteiger partial charge in [-0.05, 0) is 49.2 Å². The van der Waals surface area contributed by atoms with Gasteiger partial charge in [0.1, 0.15) is 5.82 Å². The Morgan fingerprint density at radius 1 is 0.912 bits per heavy atom. The minimum atomic E-state index is -0.668. The van der Waals surface area contributed by atoms with Crippen molar-refractivity contribution in [3.8, 4) is 0 Å². The molecule has 1 aliphatic heterocycles. The Morgan fingerprint density at radius 3 is 2.41 bits per heavy atom. The van der Waals surface area contributed by atoms with Crippen molar-refractivity contribution < 1.29 is 23.9 Å². The molecule has 176 valence electrons. The maximum Gasteiger partial charge on any atom is 0.339 e. The van der Waals surface area contributed by atoms with Crippen LogP contribution in [0, 0.1) is 0 Å². The summed E-state index contributed by atoms with van der Waals surface area (Å²) >= 11 is 0. The van der Waals surface area contributed by atoms with Crippen LogP contribution in [0.5, 0.6) is 0 Å². The fourth-order valence-electron chi connectivity index (χ4n) is 4.11. The molecule has 0 saturated heterocycles. The second-order valence-electron chi connectivity index (χ2n) is 8.08. The van der Waals surface area contributed by atoms with E-state index in [1.54, 1.807) is 22.8 Å². The van der Waals surface area contributed by atoms with E-state index < -0.39 is 17.8 Å². The van der Waals surface area contributed by atoms with E-state index in [9.17, 15) is 19.2 Å². The lowest BCUT2D eigenvalue weighted by Gasteiger charge is -2.16. The lowest BCUT2D eigenvalue weighted by atomic mass is 10.1. The minimum absolute atomic E-state index is 0.0852. The standard InChI is InChI=1S/C25H25N3O6/c1-33-24(31)16-9-11-18(25(32)34-2)20(14-16)27-22(29)15-8-10-17-19(13-15)26-21-7-5-3-4-6-12-28(21)23(17)30/h8-11,13-14H,3-7,12H2,1-2H3,(H,27,29). The molecule has 34 heavy (non-hydrogen) atoms. The topological polar surface area (TPSA) is 117 Å². The summed E-state index contributed by atoms with van der Waals surface area (Å²) in [7, 11) is 2.46. The molecule has 1 aliphatic rings. The molecule has 0 fully saturated rings. The molecule has 2 aromatic carbocycles. The monoisotopic (exact) mass is 463 g/mol. The van der Waals surface area contributed by atoms with Crippen molar-refractivity contribution in [3.05, 3.63) is 69.3 Å². The molecule has 0 aliphatic carbocycles. The van der Waals surface area contributed by atoms with E-state index in [4.69, 9.17) is 9.47 Å². The maximum atomic E-state index is 13.1. The normalized spacial score (nSPS) is 13.4. The second kappa shape index (κ2) is 9.86. The highest BCUT2D eigenvalue weighted by atomic mass is 16.5. The minimum Gasteiger partial charge on any atom is -0.465 e. The highest BCUT2D eigenvalue weighted by molar-refractivity contribution is 6.10. The summed E-state index contributed by atoms with van der Waals surface area (Å²) in [5, 5.41) is 3.11. The van der Waals surface area contributed by atoms with Crippen molar-refractivity contribution in [2.24, 2.45) is 0 Å². The van der Waals surface area contributed by atoms with Crippen molar-refractivity contribution in [1.82, 2.24) is 9.55 Å². The Morgan fingerprint density at radius 2 is 1.65 bits per heavy atom. The third kappa shape index (κ3) is 4.54. The van der Waals surface area contributed by atoms with Gasteiger partial charge in [0, 0.05) is 18.5 Å². The van der Waals surface area contributed by atoms with Crippen LogP contribution in [-0.4, -0.2) is 41.6 Å². The molecule has 4 rings (SSSR count). The van der Waals surface area contributed by atoms with Gasteiger partial charge >= 0.3 is 11.9 Å². The van der Waals surface area contributed by atoms with Gasteiger partial charge in [-0.25, -0.2) is 14.6 Å². The predicted molar refractivity (Wildman–Crippen MR) is 125 cm³/mol. The van der Waals surface area contributed by atoms with E-state index in [-0.39, 0.29) is 27.9 Å². The molecule has 0 radical (unpaired) electrons. The van der Waals surface area contributed by atoms with Crippen LogP contribution in [0.25, 0.3) is 10.9 Å². The zero-order valence-electron chi connectivity index (χ0n) is 19.1. The summed E-state index contributed by atoms with van der Waals surface area (Å²) in [4.78, 5) is 54.8. The number of esters is 2. The molecule has 3 aromatic rings. The summed E-state index contributed by atoms with van der Waals surface area (Å²) in [6.45, 7) is 0.645. The fourth-order valence-corrected chi connectivity index (χ4v) is 4.11. The molecule has 0 atom stereocenters. The molecular weight excluding hydrogens is 438 g/mol. The molecular formula is C25H25N3O6. The number of hydrogen-bond donors (Lipinski definition) is 1. The lowest BCUT2D eigenvalue weighted by molar-refractivity contribution is 0.0587. The SMILES string of the molecule is COC(=O)c1ccc(C(=O)OC)c(NC(=O)c2ccc3c(=O)n4c(nc3c2)CCCCCC4)c1. The number of aryl methyl sites for hydroxylation is 1. The van der Waals surface area contributed by atoms with Gasteiger partial charge in [-0.1, -0.05) is 12.8 Å². The largest absolute Gasteiger partial charge is 0.465 e. The first kappa shape index (κ1) is 23.2. The van der Waals surface area contributed by atoms with Crippen molar-refractivity contribution in [3.63, 3.8) is 0 Å². The average Bonchev–Trinajstić information content (AvgIpc) is 2.83. The third-order valence-corrected chi connectivity index (χ3v) is 5.92. The number of anilines is 1. The molecule has 9 nitrogen and oxygen atoms in total. The number of rotatable bonds is 4. The van der Waals surface area contributed by atoms with Crippen LogP contribution in [0.2, 0.25) is 0 Å².